The van der Waals surface area contributed by atoms with Gasteiger partial charge in [-0.15, -0.1) is 5.10 Å². The molecule has 2 N–H and O–H groups in total. The Hall–Kier alpha value is -1.96. The number of aromatic nitrogens is 3. The molecule has 110 valence electrons. The summed E-state index contributed by atoms with van der Waals surface area (Å²) in [5, 5.41) is 7.71. The van der Waals surface area contributed by atoms with Gasteiger partial charge in [-0.25, -0.2) is 4.68 Å². The van der Waals surface area contributed by atoms with E-state index >= 15 is 0 Å². The lowest BCUT2D eigenvalue weighted by molar-refractivity contribution is -0.133. The lowest BCUT2D eigenvalue weighted by Gasteiger charge is -2.21. The van der Waals surface area contributed by atoms with E-state index < -0.39 is 0 Å². The Balaban J connectivity index is 1.90. The highest BCUT2D eigenvalue weighted by atomic mass is 16.2. The fourth-order valence-electron chi connectivity index (χ4n) is 2.23. The van der Waals surface area contributed by atoms with E-state index in [4.69, 9.17) is 5.73 Å². The highest BCUT2D eigenvalue weighted by Gasteiger charge is 2.20. The largest absolute Gasteiger partial charge is 0.341 e. The van der Waals surface area contributed by atoms with Gasteiger partial charge in [-0.3, -0.25) is 9.59 Å². The summed E-state index contributed by atoms with van der Waals surface area (Å²) in [4.78, 5) is 27.1. The fourth-order valence-corrected chi connectivity index (χ4v) is 2.23. The van der Waals surface area contributed by atoms with Crippen molar-refractivity contribution in [3.05, 3.63) is 11.9 Å². The molecule has 2 heterocycles. The zero-order chi connectivity index (χ0) is 14.5. The SMILES string of the molecule is CC(=O)N1CCCN(C(=O)Cn2cc(CN)nn2)CC1. The number of hydrogen-bond acceptors (Lipinski definition) is 5. The number of carbonyl (C=O) groups excluding carboxylic acids is 2. The molecule has 0 atom stereocenters. The molecule has 1 saturated heterocycles. The van der Waals surface area contributed by atoms with Gasteiger partial charge in [0.25, 0.3) is 0 Å². The Kier molecular flexibility index (Phi) is 4.67. The fraction of sp³-hybridized carbons (Fsp3) is 0.667. The third kappa shape index (κ3) is 3.53. The summed E-state index contributed by atoms with van der Waals surface area (Å²) in [5.74, 6) is 0.0482. The number of amides is 2. The normalized spacial score (nSPS) is 16.1. The Labute approximate surface area is 117 Å². The van der Waals surface area contributed by atoms with Crippen LogP contribution in [-0.2, 0) is 22.7 Å². The van der Waals surface area contributed by atoms with Gasteiger partial charge in [-0.1, -0.05) is 5.21 Å². The van der Waals surface area contributed by atoms with Crippen molar-refractivity contribution in [2.45, 2.75) is 26.4 Å². The minimum absolute atomic E-state index is 0.0103. The van der Waals surface area contributed by atoms with Crippen molar-refractivity contribution >= 4 is 11.8 Å². The molecule has 2 rings (SSSR count). The molecule has 0 spiro atoms. The van der Waals surface area contributed by atoms with Crippen LogP contribution in [-0.4, -0.2) is 62.8 Å². The van der Waals surface area contributed by atoms with Crippen LogP contribution < -0.4 is 5.73 Å². The summed E-state index contributed by atoms with van der Waals surface area (Å²) in [6.45, 7) is 4.56. The number of nitrogens with two attached hydrogens (primary N) is 1. The lowest BCUT2D eigenvalue weighted by atomic mass is 10.3. The lowest BCUT2D eigenvalue weighted by Crippen LogP contribution is -2.38. The van der Waals surface area contributed by atoms with Gasteiger partial charge in [0.05, 0.1) is 11.9 Å². The van der Waals surface area contributed by atoms with Crippen LogP contribution in [0.25, 0.3) is 0 Å². The van der Waals surface area contributed by atoms with E-state index in [1.54, 1.807) is 22.9 Å². The summed E-state index contributed by atoms with van der Waals surface area (Å²) in [5.41, 5.74) is 6.12. The van der Waals surface area contributed by atoms with E-state index in [0.717, 1.165) is 6.42 Å². The second-order valence-corrected chi connectivity index (χ2v) is 4.85. The van der Waals surface area contributed by atoms with Gasteiger partial charge in [0, 0.05) is 39.6 Å². The van der Waals surface area contributed by atoms with E-state index in [0.29, 0.717) is 38.4 Å². The van der Waals surface area contributed by atoms with Crippen LogP contribution in [0.5, 0.6) is 0 Å². The molecule has 1 fully saturated rings. The van der Waals surface area contributed by atoms with Gasteiger partial charge in [0.1, 0.15) is 6.54 Å². The number of carbonyl (C=O) groups is 2. The third-order valence-electron chi connectivity index (χ3n) is 3.39. The molecule has 8 heteroatoms. The minimum atomic E-state index is -0.0103. The van der Waals surface area contributed by atoms with E-state index in [1.165, 1.54) is 4.68 Å². The van der Waals surface area contributed by atoms with E-state index in [9.17, 15) is 9.59 Å². The molecule has 1 aliphatic heterocycles. The highest BCUT2D eigenvalue weighted by Crippen LogP contribution is 2.05. The molecule has 0 unspecified atom stereocenters. The van der Waals surface area contributed by atoms with Crippen molar-refractivity contribution in [1.29, 1.82) is 0 Å². The van der Waals surface area contributed by atoms with Gasteiger partial charge >= 0.3 is 0 Å². The summed E-state index contributed by atoms with van der Waals surface area (Å²) in [6.07, 6.45) is 2.48. The first-order valence-electron chi connectivity index (χ1n) is 6.72. The topological polar surface area (TPSA) is 97.4 Å². The molecule has 0 aromatic carbocycles. The average Bonchev–Trinajstić information content (AvgIpc) is 2.72. The molecule has 0 radical (unpaired) electrons. The van der Waals surface area contributed by atoms with Crippen LogP contribution in [0.3, 0.4) is 0 Å². The molecule has 2 amide bonds. The zero-order valence-corrected chi connectivity index (χ0v) is 11.7. The molecule has 20 heavy (non-hydrogen) atoms. The summed E-state index contributed by atoms with van der Waals surface area (Å²) < 4.78 is 1.50. The first kappa shape index (κ1) is 14.4. The molecular formula is C12H20N6O2. The Morgan fingerprint density at radius 2 is 1.95 bits per heavy atom. The first-order chi connectivity index (χ1) is 9.60. The maximum Gasteiger partial charge on any atom is 0.244 e. The van der Waals surface area contributed by atoms with Gasteiger partial charge < -0.3 is 15.5 Å². The monoisotopic (exact) mass is 280 g/mol. The third-order valence-corrected chi connectivity index (χ3v) is 3.39. The summed E-state index contributed by atoms with van der Waals surface area (Å²) in [6, 6.07) is 0. The maximum atomic E-state index is 12.2. The van der Waals surface area contributed by atoms with Crippen molar-refractivity contribution in [3.8, 4) is 0 Å². The molecule has 1 aromatic rings. The second kappa shape index (κ2) is 6.47. The first-order valence-corrected chi connectivity index (χ1v) is 6.72. The van der Waals surface area contributed by atoms with Gasteiger partial charge in [0.15, 0.2) is 0 Å². The smallest absolute Gasteiger partial charge is 0.244 e. The quantitative estimate of drug-likeness (QED) is 0.751. The second-order valence-electron chi connectivity index (χ2n) is 4.85. The highest BCUT2D eigenvalue weighted by molar-refractivity contribution is 5.76. The summed E-state index contributed by atoms with van der Waals surface area (Å²) in [7, 11) is 0. The zero-order valence-electron chi connectivity index (χ0n) is 11.7. The van der Waals surface area contributed by atoms with Crippen molar-refractivity contribution in [2.24, 2.45) is 5.73 Å². The van der Waals surface area contributed by atoms with Gasteiger partial charge in [-0.05, 0) is 6.42 Å². The van der Waals surface area contributed by atoms with Gasteiger partial charge in [0.2, 0.25) is 11.8 Å². The van der Waals surface area contributed by atoms with Crippen LogP contribution in [0, 0.1) is 0 Å². The Bertz CT molecular complexity index is 486. The molecule has 1 aromatic heterocycles. The van der Waals surface area contributed by atoms with Crippen molar-refractivity contribution in [3.63, 3.8) is 0 Å². The van der Waals surface area contributed by atoms with Crippen LogP contribution in [0.1, 0.15) is 19.0 Å². The molecule has 1 aliphatic rings. The predicted octanol–water partition coefficient (Wildman–Crippen LogP) is -1.18. The molecular weight excluding hydrogens is 260 g/mol. The molecule has 0 saturated carbocycles. The number of rotatable bonds is 3. The van der Waals surface area contributed by atoms with Crippen LogP contribution in [0.15, 0.2) is 6.20 Å². The van der Waals surface area contributed by atoms with Crippen LogP contribution in [0.2, 0.25) is 0 Å². The van der Waals surface area contributed by atoms with Crippen molar-refractivity contribution in [2.75, 3.05) is 26.2 Å². The van der Waals surface area contributed by atoms with Crippen molar-refractivity contribution < 1.29 is 9.59 Å². The molecule has 0 bridgehead atoms. The standard InChI is InChI=1S/C12H20N6O2/c1-10(19)16-3-2-4-17(6-5-16)12(20)9-18-8-11(7-13)14-15-18/h8H,2-7,9,13H2,1H3. The summed E-state index contributed by atoms with van der Waals surface area (Å²) >= 11 is 0. The van der Waals surface area contributed by atoms with Crippen LogP contribution in [0.4, 0.5) is 0 Å². The van der Waals surface area contributed by atoms with Crippen molar-refractivity contribution in [1.82, 2.24) is 24.8 Å². The number of nitrogens with zero attached hydrogens (tertiary/aromatic N) is 5. The molecule has 8 nitrogen and oxygen atoms in total. The average molecular weight is 280 g/mol. The maximum absolute atomic E-state index is 12.2. The predicted molar refractivity (Wildman–Crippen MR) is 71.4 cm³/mol. The Morgan fingerprint density at radius 1 is 1.25 bits per heavy atom. The number of hydrogen-bond donors (Lipinski definition) is 1. The van der Waals surface area contributed by atoms with E-state index in [1.807, 2.05) is 0 Å². The van der Waals surface area contributed by atoms with E-state index in [-0.39, 0.29) is 18.4 Å². The molecule has 0 aliphatic carbocycles. The Morgan fingerprint density at radius 3 is 2.60 bits per heavy atom. The van der Waals surface area contributed by atoms with E-state index in [2.05, 4.69) is 10.3 Å². The van der Waals surface area contributed by atoms with Gasteiger partial charge in [-0.2, -0.15) is 0 Å². The minimum Gasteiger partial charge on any atom is -0.341 e. The van der Waals surface area contributed by atoms with Crippen LogP contribution >= 0.6 is 0 Å².